The van der Waals surface area contributed by atoms with Crippen LogP contribution in [0.3, 0.4) is 0 Å². The van der Waals surface area contributed by atoms with Crippen LogP contribution in [0.15, 0.2) is 60.7 Å². The van der Waals surface area contributed by atoms with Crippen LogP contribution in [0.4, 0.5) is 0 Å². The molecule has 0 saturated heterocycles. The van der Waals surface area contributed by atoms with Gasteiger partial charge in [0, 0.05) is 5.56 Å². The molecule has 0 unspecified atom stereocenters. The van der Waals surface area contributed by atoms with Gasteiger partial charge in [0.1, 0.15) is 0 Å². The number of hydrogen-bond acceptors (Lipinski definition) is 2. The maximum atomic E-state index is 6.06. The summed E-state index contributed by atoms with van der Waals surface area (Å²) in [6.45, 7) is 0. The van der Waals surface area contributed by atoms with Crippen molar-refractivity contribution in [1.82, 2.24) is 10.2 Å². The molecule has 0 fully saturated rings. The van der Waals surface area contributed by atoms with Crippen LogP contribution in [0.5, 0.6) is 0 Å². The van der Waals surface area contributed by atoms with Gasteiger partial charge in [-0.15, -0.1) is 10.2 Å². The van der Waals surface area contributed by atoms with E-state index in [-0.39, 0.29) is 0 Å². The van der Waals surface area contributed by atoms with Gasteiger partial charge in [-0.05, 0) is 22.8 Å². The first kappa shape index (κ1) is 13.1. The van der Waals surface area contributed by atoms with E-state index in [1.54, 1.807) is 6.07 Å². The number of benzene rings is 2. The van der Waals surface area contributed by atoms with Crippen molar-refractivity contribution in [2.24, 2.45) is 0 Å². The summed E-state index contributed by atoms with van der Waals surface area (Å²) >= 11 is 11.9. The number of halogens is 2. The van der Waals surface area contributed by atoms with Crippen LogP contribution < -0.4 is 0 Å². The third-order valence-electron chi connectivity index (χ3n) is 3.02. The highest BCUT2D eigenvalue weighted by Crippen LogP contribution is 2.29. The Morgan fingerprint density at radius 2 is 1.25 bits per heavy atom. The van der Waals surface area contributed by atoms with E-state index in [9.17, 15) is 0 Å². The summed E-state index contributed by atoms with van der Waals surface area (Å²) in [6.07, 6.45) is 0. The van der Waals surface area contributed by atoms with Crippen molar-refractivity contribution >= 4 is 23.2 Å². The molecule has 0 aliphatic rings. The summed E-state index contributed by atoms with van der Waals surface area (Å²) in [7, 11) is 0. The molecule has 2 nitrogen and oxygen atoms in total. The van der Waals surface area contributed by atoms with Crippen LogP contribution in [0.2, 0.25) is 10.3 Å². The second-order valence-corrected chi connectivity index (χ2v) is 5.06. The third kappa shape index (κ3) is 2.67. The fourth-order valence-electron chi connectivity index (χ4n) is 2.03. The number of aromatic nitrogens is 2. The Kier molecular flexibility index (Phi) is 3.68. The lowest BCUT2D eigenvalue weighted by atomic mass is 10.0. The zero-order valence-electron chi connectivity index (χ0n) is 10.4. The molecule has 1 aromatic heterocycles. The predicted octanol–water partition coefficient (Wildman–Crippen LogP) is 5.12. The van der Waals surface area contributed by atoms with E-state index in [1.807, 2.05) is 30.3 Å². The Morgan fingerprint density at radius 3 is 1.95 bits per heavy atom. The van der Waals surface area contributed by atoms with Crippen molar-refractivity contribution < 1.29 is 0 Å². The molecule has 1 heterocycles. The Bertz CT molecular complexity index is 725. The molecule has 0 N–H and O–H groups in total. The molecule has 0 saturated carbocycles. The van der Waals surface area contributed by atoms with Gasteiger partial charge in [-0.3, -0.25) is 0 Å². The summed E-state index contributed by atoms with van der Waals surface area (Å²) in [5.74, 6) is 0. The molecule has 3 rings (SSSR count). The van der Waals surface area contributed by atoms with Crippen LogP contribution in [0.1, 0.15) is 0 Å². The first-order chi connectivity index (χ1) is 9.74. The van der Waals surface area contributed by atoms with Gasteiger partial charge in [0.2, 0.25) is 0 Å². The standard InChI is InChI=1S/C16H10Cl2N2/c17-15-10-14(16(18)20-19-15)13-8-6-12(7-9-13)11-4-2-1-3-5-11/h1-10H. The van der Waals surface area contributed by atoms with Gasteiger partial charge >= 0.3 is 0 Å². The van der Waals surface area contributed by atoms with Gasteiger partial charge in [0.15, 0.2) is 10.3 Å². The highest BCUT2D eigenvalue weighted by atomic mass is 35.5. The predicted molar refractivity (Wildman–Crippen MR) is 82.9 cm³/mol. The third-order valence-corrected chi connectivity index (χ3v) is 3.49. The highest BCUT2D eigenvalue weighted by Gasteiger charge is 2.07. The number of nitrogens with zero attached hydrogens (tertiary/aromatic N) is 2. The molecule has 3 aromatic rings. The van der Waals surface area contributed by atoms with Gasteiger partial charge in [-0.25, -0.2) is 0 Å². The van der Waals surface area contributed by atoms with Crippen LogP contribution in [-0.2, 0) is 0 Å². The van der Waals surface area contributed by atoms with Crippen LogP contribution in [-0.4, -0.2) is 10.2 Å². The molecule has 0 atom stereocenters. The van der Waals surface area contributed by atoms with Gasteiger partial charge in [0.05, 0.1) is 0 Å². The zero-order valence-corrected chi connectivity index (χ0v) is 11.9. The normalized spacial score (nSPS) is 10.5. The number of rotatable bonds is 2. The molecule has 0 radical (unpaired) electrons. The summed E-state index contributed by atoms with van der Waals surface area (Å²) in [5.41, 5.74) is 4.08. The summed E-state index contributed by atoms with van der Waals surface area (Å²) in [6, 6.07) is 20.0. The van der Waals surface area contributed by atoms with E-state index >= 15 is 0 Å². The molecule has 0 aliphatic carbocycles. The van der Waals surface area contributed by atoms with Gasteiger partial charge in [-0.2, -0.15) is 0 Å². The van der Waals surface area contributed by atoms with E-state index in [0.717, 1.165) is 16.7 Å². The van der Waals surface area contributed by atoms with E-state index in [4.69, 9.17) is 23.2 Å². The monoisotopic (exact) mass is 300 g/mol. The van der Waals surface area contributed by atoms with Crippen molar-refractivity contribution in [3.63, 3.8) is 0 Å². The Balaban J connectivity index is 2.00. The molecule has 0 spiro atoms. The Morgan fingerprint density at radius 1 is 0.650 bits per heavy atom. The van der Waals surface area contributed by atoms with Gasteiger partial charge in [0.25, 0.3) is 0 Å². The first-order valence-corrected chi connectivity index (χ1v) is 6.84. The van der Waals surface area contributed by atoms with Gasteiger partial charge < -0.3 is 0 Å². The fraction of sp³-hybridized carbons (Fsp3) is 0. The minimum Gasteiger partial charge on any atom is -0.137 e. The molecule has 0 amide bonds. The molecular formula is C16H10Cl2N2. The lowest BCUT2D eigenvalue weighted by Gasteiger charge is -2.06. The topological polar surface area (TPSA) is 25.8 Å². The van der Waals surface area contributed by atoms with Crippen molar-refractivity contribution in [1.29, 1.82) is 0 Å². The maximum Gasteiger partial charge on any atom is 0.159 e. The summed E-state index contributed by atoms with van der Waals surface area (Å²) in [4.78, 5) is 0. The van der Waals surface area contributed by atoms with E-state index in [1.165, 1.54) is 5.56 Å². The lowest BCUT2D eigenvalue weighted by Crippen LogP contribution is -1.88. The van der Waals surface area contributed by atoms with Crippen molar-refractivity contribution in [2.75, 3.05) is 0 Å². The molecular weight excluding hydrogens is 291 g/mol. The average molecular weight is 301 g/mol. The molecule has 20 heavy (non-hydrogen) atoms. The van der Waals surface area contributed by atoms with E-state index in [0.29, 0.717) is 10.3 Å². The van der Waals surface area contributed by atoms with Crippen molar-refractivity contribution in [3.05, 3.63) is 71.0 Å². The quantitative estimate of drug-likeness (QED) is 0.656. The minimum atomic E-state index is 0.330. The molecule has 4 heteroatoms. The van der Waals surface area contributed by atoms with Crippen LogP contribution in [0, 0.1) is 0 Å². The van der Waals surface area contributed by atoms with Gasteiger partial charge in [-0.1, -0.05) is 77.8 Å². The Hall–Kier alpha value is -1.90. The van der Waals surface area contributed by atoms with Crippen molar-refractivity contribution in [3.8, 4) is 22.3 Å². The Labute approximate surface area is 127 Å². The maximum absolute atomic E-state index is 6.06. The zero-order chi connectivity index (χ0) is 13.9. The molecule has 0 aliphatic heterocycles. The fourth-order valence-corrected chi connectivity index (χ4v) is 2.38. The largest absolute Gasteiger partial charge is 0.159 e. The summed E-state index contributed by atoms with van der Waals surface area (Å²) < 4.78 is 0. The van der Waals surface area contributed by atoms with Crippen LogP contribution in [0.25, 0.3) is 22.3 Å². The average Bonchev–Trinajstić information content (AvgIpc) is 2.51. The second-order valence-electron chi connectivity index (χ2n) is 4.31. The molecule has 0 bridgehead atoms. The SMILES string of the molecule is Clc1cc(-c2ccc(-c3ccccc3)cc2)c(Cl)nn1. The highest BCUT2D eigenvalue weighted by molar-refractivity contribution is 6.33. The lowest BCUT2D eigenvalue weighted by molar-refractivity contribution is 1.03. The summed E-state index contributed by atoms with van der Waals surface area (Å²) in [5, 5.41) is 8.21. The molecule has 98 valence electrons. The smallest absolute Gasteiger partial charge is 0.137 e. The van der Waals surface area contributed by atoms with Crippen molar-refractivity contribution in [2.45, 2.75) is 0 Å². The first-order valence-electron chi connectivity index (χ1n) is 6.08. The van der Waals surface area contributed by atoms with Crippen LogP contribution >= 0.6 is 23.2 Å². The van der Waals surface area contributed by atoms with E-state index in [2.05, 4.69) is 34.5 Å². The number of hydrogen-bond donors (Lipinski definition) is 0. The molecule has 2 aromatic carbocycles. The minimum absolute atomic E-state index is 0.330. The second kappa shape index (κ2) is 5.61. The van der Waals surface area contributed by atoms with E-state index < -0.39 is 0 Å².